The molecule has 0 fully saturated rings. The minimum absolute atomic E-state index is 0.398. The summed E-state index contributed by atoms with van der Waals surface area (Å²) >= 11 is 0. The van der Waals surface area contributed by atoms with Crippen LogP contribution in [-0.2, 0) is 0 Å². The van der Waals surface area contributed by atoms with Gasteiger partial charge in [0.1, 0.15) is 0 Å². The van der Waals surface area contributed by atoms with Crippen molar-refractivity contribution in [3.05, 3.63) is 42.1 Å². The van der Waals surface area contributed by atoms with Crippen LogP contribution in [0.25, 0.3) is 10.9 Å². The third kappa shape index (κ3) is 2.54. The van der Waals surface area contributed by atoms with Crippen LogP contribution in [0.4, 0.5) is 0 Å². The predicted molar refractivity (Wildman–Crippen MR) is 77.5 cm³/mol. The van der Waals surface area contributed by atoms with Crippen LogP contribution in [0.2, 0.25) is 0 Å². The lowest BCUT2D eigenvalue weighted by Gasteiger charge is -2.27. The lowest BCUT2D eigenvalue weighted by Crippen LogP contribution is -2.26. The van der Waals surface area contributed by atoms with Gasteiger partial charge in [0.2, 0.25) is 0 Å². The van der Waals surface area contributed by atoms with E-state index in [0.717, 1.165) is 5.52 Å². The summed E-state index contributed by atoms with van der Waals surface area (Å²) in [6.45, 7) is 6.86. The highest BCUT2D eigenvalue weighted by Crippen LogP contribution is 2.28. The van der Waals surface area contributed by atoms with Crippen LogP contribution >= 0.6 is 0 Å². The fourth-order valence-electron chi connectivity index (χ4n) is 2.41. The first-order valence-corrected chi connectivity index (χ1v) is 6.65. The second kappa shape index (κ2) is 5.49. The first-order valence-electron chi connectivity index (χ1n) is 6.65. The first kappa shape index (κ1) is 13.0. The average molecular weight is 242 g/mol. The smallest absolute Gasteiger partial charge is 0.0702 e. The molecule has 0 amide bonds. The number of nitrogens with one attached hydrogen (secondary N) is 1. The number of nitrogens with zero attached hydrogens (tertiary/aromatic N) is 1. The van der Waals surface area contributed by atoms with Crippen LogP contribution in [0.5, 0.6) is 0 Å². The molecule has 0 radical (unpaired) electrons. The zero-order chi connectivity index (χ0) is 13.1. The molecule has 2 aromatic rings. The van der Waals surface area contributed by atoms with Gasteiger partial charge in [-0.3, -0.25) is 4.98 Å². The van der Waals surface area contributed by atoms with Gasteiger partial charge in [-0.05, 0) is 42.6 Å². The molecule has 2 atom stereocenters. The maximum absolute atomic E-state index is 4.37. The molecule has 2 nitrogen and oxygen atoms in total. The molecule has 18 heavy (non-hydrogen) atoms. The highest BCUT2D eigenvalue weighted by atomic mass is 14.9. The largest absolute Gasteiger partial charge is 0.313 e. The van der Waals surface area contributed by atoms with Crippen molar-refractivity contribution in [3.63, 3.8) is 0 Å². The number of benzene rings is 1. The molecule has 0 aliphatic heterocycles. The molecule has 2 unspecified atom stereocenters. The van der Waals surface area contributed by atoms with Crippen molar-refractivity contribution < 1.29 is 0 Å². The minimum Gasteiger partial charge on any atom is -0.313 e. The Hall–Kier alpha value is -1.41. The number of hydrogen-bond acceptors (Lipinski definition) is 2. The highest BCUT2D eigenvalue weighted by Gasteiger charge is 2.20. The van der Waals surface area contributed by atoms with Crippen LogP contribution in [0.15, 0.2) is 36.5 Å². The second-order valence-electron chi connectivity index (χ2n) is 5.33. The molecule has 2 rings (SSSR count). The van der Waals surface area contributed by atoms with Gasteiger partial charge in [0.25, 0.3) is 0 Å². The molecular formula is C16H22N2. The maximum Gasteiger partial charge on any atom is 0.0702 e. The Morgan fingerprint density at radius 2 is 1.89 bits per heavy atom. The summed E-state index contributed by atoms with van der Waals surface area (Å²) in [5.41, 5.74) is 2.41. The predicted octanol–water partition coefficient (Wildman–Crippen LogP) is 3.79. The van der Waals surface area contributed by atoms with Crippen LogP contribution in [0.3, 0.4) is 0 Å². The molecule has 1 N–H and O–H groups in total. The summed E-state index contributed by atoms with van der Waals surface area (Å²) < 4.78 is 0. The fourth-order valence-corrected chi connectivity index (χ4v) is 2.41. The monoisotopic (exact) mass is 242 g/mol. The van der Waals surface area contributed by atoms with Crippen molar-refractivity contribution in [1.82, 2.24) is 10.3 Å². The quantitative estimate of drug-likeness (QED) is 0.882. The Balaban J connectivity index is 2.39. The summed E-state index contributed by atoms with van der Waals surface area (Å²) in [7, 11) is 2.04. The van der Waals surface area contributed by atoms with Crippen LogP contribution in [-0.4, -0.2) is 12.0 Å². The van der Waals surface area contributed by atoms with Crippen LogP contribution < -0.4 is 5.32 Å². The molecule has 0 saturated heterocycles. The molecule has 0 spiro atoms. The Morgan fingerprint density at radius 1 is 1.11 bits per heavy atom. The van der Waals surface area contributed by atoms with Gasteiger partial charge in [0, 0.05) is 17.6 Å². The van der Waals surface area contributed by atoms with Gasteiger partial charge in [0.15, 0.2) is 0 Å². The zero-order valence-electron chi connectivity index (χ0n) is 11.6. The van der Waals surface area contributed by atoms with E-state index < -0.39 is 0 Å². The Labute approximate surface area is 109 Å². The number of rotatable bonds is 4. The molecule has 96 valence electrons. The van der Waals surface area contributed by atoms with E-state index in [4.69, 9.17) is 0 Å². The SMILES string of the molecule is CNC(c1ccc2ncccc2c1)C(C)C(C)C. The van der Waals surface area contributed by atoms with Crippen molar-refractivity contribution in [2.45, 2.75) is 26.8 Å². The van der Waals surface area contributed by atoms with E-state index in [1.165, 1.54) is 10.9 Å². The van der Waals surface area contributed by atoms with Gasteiger partial charge < -0.3 is 5.32 Å². The van der Waals surface area contributed by atoms with E-state index in [1.807, 2.05) is 19.3 Å². The average Bonchev–Trinajstić information content (AvgIpc) is 2.39. The van der Waals surface area contributed by atoms with Crippen molar-refractivity contribution in [1.29, 1.82) is 0 Å². The molecule has 0 bridgehead atoms. The lowest BCUT2D eigenvalue weighted by atomic mass is 9.86. The normalized spacial score (nSPS) is 14.9. The van der Waals surface area contributed by atoms with Gasteiger partial charge in [-0.15, -0.1) is 0 Å². The highest BCUT2D eigenvalue weighted by molar-refractivity contribution is 5.79. The van der Waals surface area contributed by atoms with E-state index >= 15 is 0 Å². The third-order valence-electron chi connectivity index (χ3n) is 3.87. The van der Waals surface area contributed by atoms with Gasteiger partial charge in [-0.1, -0.05) is 32.9 Å². The molecule has 1 aromatic heterocycles. The second-order valence-corrected chi connectivity index (χ2v) is 5.33. The first-order chi connectivity index (χ1) is 8.63. The molecule has 0 saturated carbocycles. The Bertz CT molecular complexity index is 519. The standard InChI is InChI=1S/C16H22N2/c1-11(2)12(3)16(17-4)14-7-8-15-13(10-14)6-5-9-18-15/h5-12,16-17H,1-4H3. The van der Waals surface area contributed by atoms with Crippen molar-refractivity contribution in [3.8, 4) is 0 Å². The van der Waals surface area contributed by atoms with Gasteiger partial charge in [-0.25, -0.2) is 0 Å². The van der Waals surface area contributed by atoms with Crippen LogP contribution in [0, 0.1) is 11.8 Å². The van der Waals surface area contributed by atoms with Crippen LogP contribution in [0.1, 0.15) is 32.4 Å². The summed E-state index contributed by atoms with van der Waals surface area (Å²) in [5, 5.41) is 4.66. The number of aromatic nitrogens is 1. The fraction of sp³-hybridized carbons (Fsp3) is 0.438. The topological polar surface area (TPSA) is 24.9 Å². The number of hydrogen-bond donors (Lipinski definition) is 1. The zero-order valence-corrected chi connectivity index (χ0v) is 11.6. The summed E-state index contributed by atoms with van der Waals surface area (Å²) in [6.07, 6.45) is 1.84. The lowest BCUT2D eigenvalue weighted by molar-refractivity contribution is 0.317. The molecule has 2 heteroatoms. The number of pyridine rings is 1. The van der Waals surface area contributed by atoms with Gasteiger partial charge in [-0.2, -0.15) is 0 Å². The summed E-state index contributed by atoms with van der Waals surface area (Å²) in [4.78, 5) is 4.37. The maximum atomic E-state index is 4.37. The molecule has 0 aliphatic carbocycles. The minimum atomic E-state index is 0.398. The summed E-state index contributed by atoms with van der Waals surface area (Å²) in [5.74, 6) is 1.26. The van der Waals surface area contributed by atoms with Gasteiger partial charge >= 0.3 is 0 Å². The molecular weight excluding hydrogens is 220 g/mol. The van der Waals surface area contributed by atoms with E-state index in [0.29, 0.717) is 17.9 Å². The van der Waals surface area contributed by atoms with Gasteiger partial charge in [0.05, 0.1) is 5.52 Å². The van der Waals surface area contributed by atoms with E-state index in [-0.39, 0.29) is 0 Å². The molecule has 1 aromatic carbocycles. The Kier molecular flexibility index (Phi) is 3.97. The van der Waals surface area contributed by atoms with Crippen molar-refractivity contribution in [2.75, 3.05) is 7.05 Å². The molecule has 1 heterocycles. The summed E-state index contributed by atoms with van der Waals surface area (Å²) in [6, 6.07) is 11.1. The van der Waals surface area contributed by atoms with E-state index in [1.54, 1.807) is 0 Å². The van der Waals surface area contributed by atoms with Crippen molar-refractivity contribution in [2.24, 2.45) is 11.8 Å². The third-order valence-corrected chi connectivity index (χ3v) is 3.87. The van der Waals surface area contributed by atoms with Crippen molar-refractivity contribution >= 4 is 10.9 Å². The van der Waals surface area contributed by atoms with E-state index in [9.17, 15) is 0 Å². The number of fused-ring (bicyclic) bond motifs is 1. The van der Waals surface area contributed by atoms with E-state index in [2.05, 4.69) is 55.3 Å². The Morgan fingerprint density at radius 3 is 2.56 bits per heavy atom. The molecule has 0 aliphatic rings.